The molecule has 1 heterocycles. The molecule has 0 atom stereocenters. The smallest absolute Gasteiger partial charge is 0.399 e. The van der Waals surface area contributed by atoms with Crippen molar-refractivity contribution in [3.8, 4) is 6.07 Å². The minimum absolute atomic E-state index is 0.411. The van der Waals surface area contributed by atoms with E-state index in [2.05, 4.69) is 12.6 Å². The van der Waals surface area contributed by atoms with Gasteiger partial charge in [0.05, 0.1) is 22.8 Å². The van der Waals surface area contributed by atoms with Gasteiger partial charge in [-0.1, -0.05) is 18.2 Å². The number of nitrogens with zero attached hydrogens (tertiary/aromatic N) is 1. The molecule has 1 aliphatic rings. The zero-order chi connectivity index (χ0) is 15.0. The van der Waals surface area contributed by atoms with Gasteiger partial charge in [0.2, 0.25) is 0 Å². The Morgan fingerprint density at radius 1 is 1.25 bits per heavy atom. The number of hydrogen-bond donors (Lipinski definition) is 0. The Morgan fingerprint density at radius 2 is 1.85 bits per heavy atom. The maximum absolute atomic E-state index is 9.34. The van der Waals surface area contributed by atoms with E-state index in [-0.39, 0.29) is 0 Å². The molecule has 1 aromatic rings. The lowest BCUT2D eigenvalue weighted by atomic mass is 9.72. The topological polar surface area (TPSA) is 42.2 Å². The highest BCUT2D eigenvalue weighted by molar-refractivity contribution is 6.63. The van der Waals surface area contributed by atoms with E-state index in [1.807, 2.05) is 45.9 Å². The first-order valence-electron chi connectivity index (χ1n) is 6.81. The van der Waals surface area contributed by atoms with Gasteiger partial charge in [-0.05, 0) is 45.7 Å². The van der Waals surface area contributed by atoms with Crippen LogP contribution in [-0.2, 0) is 15.7 Å². The van der Waals surface area contributed by atoms with Gasteiger partial charge in [-0.25, -0.2) is 0 Å². The fourth-order valence-corrected chi connectivity index (χ4v) is 2.28. The molecule has 0 N–H and O–H groups in total. The zero-order valence-corrected chi connectivity index (χ0v) is 12.6. The Balaban J connectivity index is 2.49. The summed E-state index contributed by atoms with van der Waals surface area (Å²) >= 11 is 0. The van der Waals surface area contributed by atoms with E-state index >= 15 is 0 Å². The van der Waals surface area contributed by atoms with Gasteiger partial charge in [-0.2, -0.15) is 5.26 Å². The quantitative estimate of drug-likeness (QED) is 0.625. The van der Waals surface area contributed by atoms with E-state index < -0.39 is 18.3 Å². The summed E-state index contributed by atoms with van der Waals surface area (Å²) in [5.74, 6) is 0. The average molecular weight is 269 g/mol. The zero-order valence-electron chi connectivity index (χ0n) is 12.6. The molecule has 3 nitrogen and oxygen atoms in total. The lowest BCUT2D eigenvalue weighted by Crippen LogP contribution is -2.41. The summed E-state index contributed by atoms with van der Waals surface area (Å²) in [6.07, 6.45) is 2.51. The van der Waals surface area contributed by atoms with Crippen LogP contribution in [0.5, 0.6) is 0 Å². The average Bonchev–Trinajstić information content (AvgIpc) is 2.58. The van der Waals surface area contributed by atoms with Gasteiger partial charge in [0.15, 0.2) is 0 Å². The molecule has 0 aliphatic carbocycles. The predicted octanol–water partition coefficient (Wildman–Crippen LogP) is 2.59. The van der Waals surface area contributed by atoms with Crippen molar-refractivity contribution in [1.29, 1.82) is 5.26 Å². The maximum atomic E-state index is 9.34. The van der Waals surface area contributed by atoms with Crippen molar-refractivity contribution in [1.82, 2.24) is 0 Å². The van der Waals surface area contributed by atoms with Gasteiger partial charge in [0, 0.05) is 5.46 Å². The lowest BCUT2D eigenvalue weighted by molar-refractivity contribution is 0.00578. The molecule has 1 aliphatic heterocycles. The summed E-state index contributed by atoms with van der Waals surface area (Å²) in [7, 11) is -0.509. The molecular formula is C16H20BNO2. The molecule has 1 aromatic carbocycles. The first-order valence-corrected chi connectivity index (χ1v) is 6.81. The Bertz CT molecular complexity index is 556. The highest BCUT2D eigenvalue weighted by atomic mass is 16.7. The van der Waals surface area contributed by atoms with Gasteiger partial charge in [-0.3, -0.25) is 0 Å². The molecule has 0 radical (unpaired) electrons. The lowest BCUT2D eigenvalue weighted by Gasteiger charge is -2.32. The summed E-state index contributed by atoms with van der Waals surface area (Å²) < 4.78 is 12.1. The summed E-state index contributed by atoms with van der Waals surface area (Å²) in [5.41, 5.74) is 1.63. The van der Waals surface area contributed by atoms with Crippen LogP contribution in [0.2, 0.25) is 0 Å². The second-order valence-electron chi connectivity index (χ2n) is 6.07. The Labute approximate surface area is 121 Å². The molecule has 20 heavy (non-hydrogen) atoms. The van der Waals surface area contributed by atoms with Crippen LogP contribution in [0.3, 0.4) is 0 Å². The third kappa shape index (κ3) is 2.39. The molecule has 0 bridgehead atoms. The van der Waals surface area contributed by atoms with E-state index in [1.54, 1.807) is 6.07 Å². The third-order valence-electron chi connectivity index (χ3n) is 4.17. The molecule has 0 saturated carbocycles. The van der Waals surface area contributed by atoms with Crippen molar-refractivity contribution >= 4 is 12.6 Å². The second-order valence-corrected chi connectivity index (χ2v) is 6.07. The van der Waals surface area contributed by atoms with Crippen molar-refractivity contribution in [3.63, 3.8) is 0 Å². The Morgan fingerprint density at radius 3 is 2.35 bits per heavy atom. The number of rotatable bonds is 3. The predicted molar refractivity (Wildman–Crippen MR) is 80.8 cm³/mol. The minimum Gasteiger partial charge on any atom is -0.399 e. The van der Waals surface area contributed by atoms with Crippen LogP contribution in [0.25, 0.3) is 0 Å². The van der Waals surface area contributed by atoms with Crippen molar-refractivity contribution in [2.75, 3.05) is 0 Å². The van der Waals surface area contributed by atoms with Gasteiger partial charge in [0.1, 0.15) is 0 Å². The van der Waals surface area contributed by atoms with Crippen LogP contribution in [0, 0.1) is 11.3 Å². The summed E-state index contributed by atoms with van der Waals surface area (Å²) in [6, 6.07) is 7.90. The Hall–Kier alpha value is -1.57. The third-order valence-corrected chi connectivity index (χ3v) is 4.17. The molecule has 104 valence electrons. The van der Waals surface area contributed by atoms with Crippen LogP contribution in [0.4, 0.5) is 0 Å². The van der Waals surface area contributed by atoms with Crippen LogP contribution in [-0.4, -0.2) is 18.3 Å². The van der Waals surface area contributed by atoms with Gasteiger partial charge < -0.3 is 9.31 Å². The molecule has 0 spiro atoms. The largest absolute Gasteiger partial charge is 0.496 e. The minimum atomic E-state index is -0.509. The van der Waals surface area contributed by atoms with E-state index in [1.165, 1.54) is 0 Å². The summed E-state index contributed by atoms with van der Waals surface area (Å²) in [4.78, 5) is 0. The second kappa shape index (κ2) is 5.08. The number of benzene rings is 1. The van der Waals surface area contributed by atoms with Gasteiger partial charge >= 0.3 is 7.12 Å². The normalized spacial score (nSPS) is 19.6. The van der Waals surface area contributed by atoms with Crippen LogP contribution in [0.1, 0.15) is 38.8 Å². The molecule has 0 amide bonds. The molecule has 0 aromatic heterocycles. The van der Waals surface area contributed by atoms with Gasteiger partial charge in [-0.15, -0.1) is 6.58 Å². The summed E-state index contributed by atoms with van der Waals surface area (Å²) in [5, 5.41) is 9.34. The molecular weight excluding hydrogens is 249 g/mol. The summed E-state index contributed by atoms with van der Waals surface area (Å²) in [6.45, 7) is 11.8. The Kier molecular flexibility index (Phi) is 3.77. The van der Waals surface area contributed by atoms with E-state index in [9.17, 15) is 5.26 Å². The fraction of sp³-hybridized carbons (Fsp3) is 0.438. The monoisotopic (exact) mass is 269 g/mol. The number of hydrogen-bond acceptors (Lipinski definition) is 3. The van der Waals surface area contributed by atoms with Crippen molar-refractivity contribution < 1.29 is 9.31 Å². The highest BCUT2D eigenvalue weighted by Gasteiger charge is 2.52. The molecule has 1 fully saturated rings. The molecule has 0 unspecified atom stereocenters. The van der Waals surface area contributed by atoms with E-state index in [0.717, 1.165) is 11.0 Å². The molecule has 4 heteroatoms. The first-order chi connectivity index (χ1) is 9.32. The molecule has 1 saturated heterocycles. The standard InChI is InChI=1S/C16H20BNO2/c1-6-8-12-9-7-10-13(11-18)14(12)17-19-15(2,3)16(4,5)20-17/h6-7,9-10H,1,8H2,2-5H3. The number of allylic oxidation sites excluding steroid dienone is 1. The van der Waals surface area contributed by atoms with Crippen molar-refractivity contribution in [2.24, 2.45) is 0 Å². The van der Waals surface area contributed by atoms with E-state index in [0.29, 0.717) is 12.0 Å². The number of nitriles is 1. The first kappa shape index (κ1) is 14.8. The molecule has 2 rings (SSSR count). The van der Waals surface area contributed by atoms with E-state index in [4.69, 9.17) is 9.31 Å². The van der Waals surface area contributed by atoms with Crippen LogP contribution < -0.4 is 5.46 Å². The highest BCUT2D eigenvalue weighted by Crippen LogP contribution is 2.37. The van der Waals surface area contributed by atoms with Gasteiger partial charge in [0.25, 0.3) is 0 Å². The van der Waals surface area contributed by atoms with Crippen LogP contribution in [0.15, 0.2) is 30.9 Å². The fourth-order valence-electron chi connectivity index (χ4n) is 2.28. The van der Waals surface area contributed by atoms with Crippen molar-refractivity contribution in [3.05, 3.63) is 42.0 Å². The van der Waals surface area contributed by atoms with Crippen LogP contribution >= 0.6 is 0 Å². The SMILES string of the molecule is C=CCc1cccc(C#N)c1B1OC(C)(C)C(C)(C)O1. The maximum Gasteiger partial charge on any atom is 0.496 e. The van der Waals surface area contributed by atoms with Crippen molar-refractivity contribution in [2.45, 2.75) is 45.3 Å².